The van der Waals surface area contributed by atoms with Gasteiger partial charge in [-0.25, -0.2) is 4.98 Å². The number of aryl methyl sites for hydroxylation is 2. The van der Waals surface area contributed by atoms with Gasteiger partial charge in [-0.15, -0.1) is 0 Å². The van der Waals surface area contributed by atoms with E-state index in [4.69, 9.17) is 5.73 Å². The lowest BCUT2D eigenvalue weighted by atomic mass is 10.2. The van der Waals surface area contributed by atoms with Crippen molar-refractivity contribution in [2.45, 2.75) is 19.5 Å². The molecule has 0 spiro atoms. The van der Waals surface area contributed by atoms with Gasteiger partial charge in [-0.1, -0.05) is 0 Å². The average molecular weight is 202 g/mol. The van der Waals surface area contributed by atoms with Crippen molar-refractivity contribution >= 4 is 0 Å². The van der Waals surface area contributed by atoms with E-state index >= 15 is 0 Å². The monoisotopic (exact) mass is 202 g/mol. The Hall–Kier alpha value is -1.68. The van der Waals surface area contributed by atoms with E-state index in [-0.39, 0.29) is 0 Å². The molecule has 4 heteroatoms. The van der Waals surface area contributed by atoms with Crippen LogP contribution in [0.25, 0.3) is 0 Å². The van der Waals surface area contributed by atoms with Gasteiger partial charge in [0.15, 0.2) is 0 Å². The van der Waals surface area contributed by atoms with E-state index in [1.54, 1.807) is 0 Å². The summed E-state index contributed by atoms with van der Waals surface area (Å²) in [7, 11) is 0. The Labute approximate surface area is 88.8 Å². The molecular weight excluding hydrogens is 188 g/mol. The van der Waals surface area contributed by atoms with E-state index in [0.29, 0.717) is 6.54 Å². The number of hydrogen-bond acceptors (Lipinski definition) is 3. The molecule has 0 unspecified atom stereocenters. The highest BCUT2D eigenvalue weighted by molar-refractivity contribution is 5.10. The van der Waals surface area contributed by atoms with Crippen molar-refractivity contribution in [3.05, 3.63) is 48.3 Å². The van der Waals surface area contributed by atoms with Gasteiger partial charge in [0.1, 0.15) is 0 Å². The van der Waals surface area contributed by atoms with Gasteiger partial charge < -0.3 is 10.3 Å². The Morgan fingerprint density at radius 1 is 1.20 bits per heavy atom. The number of nitrogens with zero attached hydrogens (tertiary/aromatic N) is 3. The van der Waals surface area contributed by atoms with E-state index < -0.39 is 0 Å². The first-order valence-electron chi connectivity index (χ1n) is 4.98. The van der Waals surface area contributed by atoms with Gasteiger partial charge in [-0.2, -0.15) is 0 Å². The number of aromatic nitrogens is 3. The van der Waals surface area contributed by atoms with Crippen LogP contribution in [0.1, 0.15) is 11.3 Å². The molecule has 0 aliphatic carbocycles. The highest BCUT2D eigenvalue weighted by Gasteiger charge is 1.99. The van der Waals surface area contributed by atoms with Gasteiger partial charge >= 0.3 is 0 Å². The largest absolute Gasteiger partial charge is 0.333 e. The third kappa shape index (κ3) is 2.41. The maximum absolute atomic E-state index is 5.59. The first-order valence-corrected chi connectivity index (χ1v) is 4.98. The zero-order chi connectivity index (χ0) is 10.5. The molecule has 78 valence electrons. The number of nitrogens with two attached hydrogens (primary N) is 1. The molecule has 0 aliphatic heterocycles. The average Bonchev–Trinajstić information content (AvgIpc) is 2.75. The molecule has 0 saturated carbocycles. The lowest BCUT2D eigenvalue weighted by Gasteiger charge is -2.05. The summed E-state index contributed by atoms with van der Waals surface area (Å²) in [6.45, 7) is 1.45. The quantitative estimate of drug-likeness (QED) is 0.804. The van der Waals surface area contributed by atoms with Gasteiger partial charge in [0.2, 0.25) is 0 Å². The molecule has 2 heterocycles. The van der Waals surface area contributed by atoms with Crippen molar-refractivity contribution in [3.8, 4) is 0 Å². The summed E-state index contributed by atoms with van der Waals surface area (Å²) in [5.41, 5.74) is 7.95. The van der Waals surface area contributed by atoms with Crippen LogP contribution in [0.5, 0.6) is 0 Å². The highest BCUT2D eigenvalue weighted by atomic mass is 15.0. The lowest BCUT2D eigenvalue weighted by Crippen LogP contribution is -2.08. The summed E-state index contributed by atoms with van der Waals surface area (Å²) >= 11 is 0. The molecule has 2 aromatic rings. The minimum atomic E-state index is 0.538. The minimum absolute atomic E-state index is 0.538. The molecule has 0 atom stereocenters. The number of pyridine rings is 1. The smallest absolute Gasteiger partial charge is 0.0948 e. The van der Waals surface area contributed by atoms with Crippen molar-refractivity contribution in [1.82, 2.24) is 14.5 Å². The third-order valence-corrected chi connectivity index (χ3v) is 2.40. The zero-order valence-corrected chi connectivity index (χ0v) is 8.50. The zero-order valence-electron chi connectivity index (χ0n) is 8.50. The van der Waals surface area contributed by atoms with Crippen LogP contribution in [0, 0.1) is 0 Å². The number of rotatable bonds is 4. The van der Waals surface area contributed by atoms with Crippen molar-refractivity contribution in [1.29, 1.82) is 0 Å². The van der Waals surface area contributed by atoms with E-state index in [1.165, 1.54) is 5.56 Å². The molecule has 2 aromatic heterocycles. The summed E-state index contributed by atoms with van der Waals surface area (Å²) in [6.07, 6.45) is 8.24. The molecular formula is C11H14N4. The van der Waals surface area contributed by atoms with Crippen LogP contribution in [-0.4, -0.2) is 14.5 Å². The van der Waals surface area contributed by atoms with Gasteiger partial charge in [0.05, 0.1) is 12.0 Å². The van der Waals surface area contributed by atoms with Crippen molar-refractivity contribution < 1.29 is 0 Å². The molecule has 2 N–H and O–H groups in total. The molecule has 0 aliphatic rings. The van der Waals surface area contributed by atoms with Crippen LogP contribution in [0.3, 0.4) is 0 Å². The molecule has 0 radical (unpaired) electrons. The second-order valence-electron chi connectivity index (χ2n) is 3.39. The Bertz CT molecular complexity index is 408. The Kier molecular flexibility index (Phi) is 3.09. The molecule has 0 amide bonds. The van der Waals surface area contributed by atoms with Crippen LogP contribution < -0.4 is 5.73 Å². The lowest BCUT2D eigenvalue weighted by molar-refractivity contribution is 0.660. The Morgan fingerprint density at radius 3 is 2.73 bits per heavy atom. The molecule has 2 rings (SSSR count). The van der Waals surface area contributed by atoms with Crippen LogP contribution in [-0.2, 0) is 19.5 Å². The maximum atomic E-state index is 5.59. The van der Waals surface area contributed by atoms with Crippen LogP contribution in [0.2, 0.25) is 0 Å². The van der Waals surface area contributed by atoms with Gasteiger partial charge in [0.25, 0.3) is 0 Å². The van der Waals surface area contributed by atoms with Crippen LogP contribution in [0.4, 0.5) is 0 Å². The number of imidazole rings is 1. The first-order chi connectivity index (χ1) is 7.40. The standard InChI is InChI=1S/C11H14N4/c12-7-11-8-14-9-15(11)6-3-10-1-4-13-5-2-10/h1-2,4-5,8-9H,3,6-7,12H2. The predicted octanol–water partition coefficient (Wildman–Crippen LogP) is 0.979. The second kappa shape index (κ2) is 4.70. The molecule has 0 bridgehead atoms. The fourth-order valence-electron chi connectivity index (χ4n) is 1.52. The third-order valence-electron chi connectivity index (χ3n) is 2.40. The van der Waals surface area contributed by atoms with E-state index in [9.17, 15) is 0 Å². The Balaban J connectivity index is 1.99. The highest BCUT2D eigenvalue weighted by Crippen LogP contribution is 2.03. The van der Waals surface area contributed by atoms with E-state index in [2.05, 4.69) is 14.5 Å². The SMILES string of the molecule is NCc1cncn1CCc1ccncc1. The second-order valence-corrected chi connectivity index (χ2v) is 3.39. The predicted molar refractivity (Wildman–Crippen MR) is 58.1 cm³/mol. The summed E-state index contributed by atoms with van der Waals surface area (Å²) in [5.74, 6) is 0. The van der Waals surface area contributed by atoms with Gasteiger partial charge in [-0.05, 0) is 24.1 Å². The van der Waals surface area contributed by atoms with Crippen LogP contribution in [0.15, 0.2) is 37.1 Å². The molecule has 4 nitrogen and oxygen atoms in total. The molecule has 0 saturated heterocycles. The maximum Gasteiger partial charge on any atom is 0.0948 e. The molecule has 15 heavy (non-hydrogen) atoms. The van der Waals surface area contributed by atoms with Gasteiger partial charge in [-0.3, -0.25) is 4.98 Å². The summed E-state index contributed by atoms with van der Waals surface area (Å²) in [6, 6.07) is 4.05. The van der Waals surface area contributed by atoms with Gasteiger partial charge in [0, 0.05) is 31.7 Å². The fraction of sp³-hybridized carbons (Fsp3) is 0.273. The van der Waals surface area contributed by atoms with E-state index in [1.807, 2.05) is 37.1 Å². The van der Waals surface area contributed by atoms with E-state index in [0.717, 1.165) is 18.7 Å². The molecule has 0 aromatic carbocycles. The fourth-order valence-corrected chi connectivity index (χ4v) is 1.52. The summed E-state index contributed by atoms with van der Waals surface area (Å²) in [4.78, 5) is 8.06. The number of hydrogen-bond donors (Lipinski definition) is 1. The van der Waals surface area contributed by atoms with Crippen molar-refractivity contribution in [2.75, 3.05) is 0 Å². The van der Waals surface area contributed by atoms with Crippen molar-refractivity contribution in [2.24, 2.45) is 5.73 Å². The minimum Gasteiger partial charge on any atom is -0.333 e. The molecule has 0 fully saturated rings. The summed E-state index contributed by atoms with van der Waals surface area (Å²) < 4.78 is 2.08. The first kappa shape index (κ1) is 9.86. The van der Waals surface area contributed by atoms with Crippen molar-refractivity contribution in [3.63, 3.8) is 0 Å². The van der Waals surface area contributed by atoms with Crippen LogP contribution >= 0.6 is 0 Å². The Morgan fingerprint density at radius 2 is 2.00 bits per heavy atom. The topological polar surface area (TPSA) is 56.7 Å². The normalized spacial score (nSPS) is 10.5. The summed E-state index contributed by atoms with van der Waals surface area (Å²) in [5, 5.41) is 0.